The fourth-order valence-corrected chi connectivity index (χ4v) is 3.26. The number of piperidine rings is 1. The molecule has 1 saturated heterocycles. The average molecular weight is 408 g/mol. The van der Waals surface area contributed by atoms with Crippen molar-refractivity contribution in [2.75, 3.05) is 25.0 Å². The molecule has 156 valence electrons. The van der Waals surface area contributed by atoms with Gasteiger partial charge in [-0.3, -0.25) is 4.98 Å². The number of anilines is 1. The third-order valence-corrected chi connectivity index (χ3v) is 4.71. The summed E-state index contributed by atoms with van der Waals surface area (Å²) in [5.41, 5.74) is 1.48. The van der Waals surface area contributed by atoms with E-state index in [9.17, 15) is 18.0 Å². The van der Waals surface area contributed by atoms with Crippen LogP contribution in [0.25, 0.3) is 0 Å². The van der Waals surface area contributed by atoms with Crippen LogP contribution in [-0.2, 0) is 6.42 Å². The second-order valence-corrected chi connectivity index (χ2v) is 6.90. The van der Waals surface area contributed by atoms with Crippen molar-refractivity contribution in [3.05, 3.63) is 54.4 Å². The maximum atomic E-state index is 12.3. The molecule has 2 aromatic rings. The van der Waals surface area contributed by atoms with Crippen molar-refractivity contribution in [3.63, 3.8) is 0 Å². The molecule has 0 saturated carbocycles. The maximum Gasteiger partial charge on any atom is 0.573 e. The topological polar surface area (TPSA) is 66.5 Å². The lowest BCUT2D eigenvalue weighted by atomic mass is 10.0. The Morgan fingerprint density at radius 2 is 1.90 bits per heavy atom. The zero-order valence-corrected chi connectivity index (χ0v) is 15.8. The lowest BCUT2D eigenvalue weighted by Gasteiger charge is -2.32. The van der Waals surface area contributed by atoms with E-state index in [2.05, 4.69) is 25.3 Å². The van der Waals surface area contributed by atoms with Crippen molar-refractivity contribution in [1.82, 2.24) is 15.2 Å². The number of alkyl halides is 3. The Balaban J connectivity index is 1.40. The first kappa shape index (κ1) is 20.9. The summed E-state index contributed by atoms with van der Waals surface area (Å²) in [4.78, 5) is 18.5. The van der Waals surface area contributed by atoms with E-state index in [0.29, 0.717) is 0 Å². The van der Waals surface area contributed by atoms with E-state index in [1.807, 2.05) is 12.1 Å². The molecule has 0 spiro atoms. The maximum absolute atomic E-state index is 12.3. The van der Waals surface area contributed by atoms with Gasteiger partial charge in [-0.05, 0) is 49.1 Å². The summed E-state index contributed by atoms with van der Waals surface area (Å²) < 4.78 is 40.8. The molecule has 0 bridgehead atoms. The lowest BCUT2D eigenvalue weighted by molar-refractivity contribution is -0.274. The number of ether oxygens (including phenoxy) is 1. The summed E-state index contributed by atoms with van der Waals surface area (Å²) >= 11 is 0. The molecular formula is C20H23F3N4O2. The van der Waals surface area contributed by atoms with Gasteiger partial charge in [0, 0.05) is 49.8 Å². The molecule has 2 N–H and O–H groups in total. The molecule has 29 heavy (non-hydrogen) atoms. The van der Waals surface area contributed by atoms with Crippen LogP contribution in [0.4, 0.5) is 23.7 Å². The third kappa shape index (κ3) is 7.26. The van der Waals surface area contributed by atoms with Crippen LogP contribution in [0.1, 0.15) is 18.4 Å². The molecule has 1 fully saturated rings. The van der Waals surface area contributed by atoms with Crippen molar-refractivity contribution in [2.24, 2.45) is 0 Å². The summed E-state index contributed by atoms with van der Waals surface area (Å²) in [6, 6.07) is 8.81. The van der Waals surface area contributed by atoms with Gasteiger partial charge in [0.15, 0.2) is 0 Å². The highest BCUT2D eigenvalue weighted by Gasteiger charge is 2.31. The van der Waals surface area contributed by atoms with Crippen molar-refractivity contribution in [2.45, 2.75) is 31.7 Å². The molecule has 0 unspecified atom stereocenters. The van der Waals surface area contributed by atoms with Gasteiger partial charge >= 0.3 is 12.4 Å². The third-order valence-electron chi connectivity index (χ3n) is 4.71. The molecule has 1 aromatic carbocycles. The second kappa shape index (κ2) is 9.60. The monoisotopic (exact) mass is 408 g/mol. The molecule has 2 amide bonds. The Morgan fingerprint density at radius 1 is 1.17 bits per heavy atom. The van der Waals surface area contributed by atoms with Crippen LogP contribution in [0.2, 0.25) is 0 Å². The number of aromatic nitrogens is 1. The minimum absolute atomic E-state index is 0.0294. The summed E-state index contributed by atoms with van der Waals surface area (Å²) in [5, 5.41) is 5.44. The predicted octanol–water partition coefficient (Wildman–Crippen LogP) is 3.81. The van der Waals surface area contributed by atoms with Gasteiger partial charge in [0.2, 0.25) is 0 Å². The van der Waals surface area contributed by atoms with E-state index >= 15 is 0 Å². The number of benzene rings is 1. The predicted molar refractivity (Wildman–Crippen MR) is 103 cm³/mol. The highest BCUT2D eigenvalue weighted by atomic mass is 19.4. The van der Waals surface area contributed by atoms with E-state index in [1.54, 1.807) is 12.4 Å². The van der Waals surface area contributed by atoms with Gasteiger partial charge in [0.25, 0.3) is 0 Å². The Kier molecular flexibility index (Phi) is 6.92. The molecule has 3 rings (SSSR count). The number of hydrogen-bond donors (Lipinski definition) is 2. The zero-order chi connectivity index (χ0) is 20.7. The first-order chi connectivity index (χ1) is 13.9. The standard InChI is InChI=1S/C20H23F3N4O2/c21-20(22,23)29-18-3-1-2-17(14-18)26-19(28)25-16-7-12-27(13-8-16)11-6-15-4-9-24-10-5-15/h1-5,9-10,14,16H,6-8,11-13H2,(H2,25,26,28). The minimum atomic E-state index is -4.77. The van der Waals surface area contributed by atoms with Crippen LogP contribution in [0.3, 0.4) is 0 Å². The van der Waals surface area contributed by atoms with Crippen LogP contribution < -0.4 is 15.4 Å². The number of likely N-dealkylation sites (tertiary alicyclic amines) is 1. The first-order valence-corrected chi connectivity index (χ1v) is 9.42. The van der Waals surface area contributed by atoms with Crippen LogP contribution >= 0.6 is 0 Å². The number of hydrogen-bond acceptors (Lipinski definition) is 4. The highest BCUT2D eigenvalue weighted by Crippen LogP contribution is 2.25. The molecule has 0 aliphatic carbocycles. The molecule has 2 heterocycles. The number of carbonyl (C=O) groups excluding carboxylic acids is 1. The Hall–Kier alpha value is -2.81. The largest absolute Gasteiger partial charge is 0.573 e. The van der Waals surface area contributed by atoms with E-state index in [4.69, 9.17) is 0 Å². The molecule has 0 radical (unpaired) electrons. The smallest absolute Gasteiger partial charge is 0.406 e. The van der Waals surface area contributed by atoms with Crippen molar-refractivity contribution >= 4 is 11.7 Å². The molecule has 1 aliphatic heterocycles. The summed E-state index contributed by atoms with van der Waals surface area (Å²) in [7, 11) is 0. The summed E-state index contributed by atoms with van der Waals surface area (Å²) in [5.74, 6) is -0.377. The number of nitrogens with zero attached hydrogens (tertiary/aromatic N) is 2. The van der Waals surface area contributed by atoms with Gasteiger partial charge in [-0.15, -0.1) is 13.2 Å². The number of rotatable bonds is 6. The van der Waals surface area contributed by atoms with Gasteiger partial charge < -0.3 is 20.3 Å². The van der Waals surface area contributed by atoms with Crippen molar-refractivity contribution in [3.8, 4) is 5.75 Å². The van der Waals surface area contributed by atoms with Crippen LogP contribution in [-0.4, -0.2) is 48.0 Å². The number of carbonyl (C=O) groups is 1. The summed E-state index contributed by atoms with van der Waals surface area (Å²) in [6.45, 7) is 2.71. The fraction of sp³-hybridized carbons (Fsp3) is 0.400. The van der Waals surface area contributed by atoms with Gasteiger partial charge in [0.1, 0.15) is 5.75 Å². The van der Waals surface area contributed by atoms with Crippen LogP contribution in [0, 0.1) is 0 Å². The number of nitrogens with one attached hydrogen (secondary N) is 2. The molecule has 1 aromatic heterocycles. The van der Waals surface area contributed by atoms with Crippen LogP contribution in [0.5, 0.6) is 5.75 Å². The van der Waals surface area contributed by atoms with E-state index < -0.39 is 12.4 Å². The minimum Gasteiger partial charge on any atom is -0.406 e. The number of pyridine rings is 1. The normalized spacial score (nSPS) is 15.7. The molecule has 6 nitrogen and oxygen atoms in total. The molecular weight excluding hydrogens is 385 g/mol. The molecule has 9 heteroatoms. The fourth-order valence-electron chi connectivity index (χ4n) is 3.26. The Bertz CT molecular complexity index is 794. The van der Waals surface area contributed by atoms with E-state index in [1.165, 1.54) is 23.8 Å². The average Bonchev–Trinajstić information content (AvgIpc) is 2.67. The number of amides is 2. The van der Waals surface area contributed by atoms with Gasteiger partial charge in [-0.1, -0.05) is 6.07 Å². The van der Waals surface area contributed by atoms with E-state index in [0.717, 1.165) is 45.0 Å². The molecule has 0 atom stereocenters. The Labute approximate surface area is 167 Å². The second-order valence-electron chi connectivity index (χ2n) is 6.90. The number of urea groups is 1. The van der Waals surface area contributed by atoms with Crippen molar-refractivity contribution < 1.29 is 22.7 Å². The first-order valence-electron chi connectivity index (χ1n) is 9.42. The van der Waals surface area contributed by atoms with Gasteiger partial charge in [-0.25, -0.2) is 4.79 Å². The Morgan fingerprint density at radius 3 is 2.59 bits per heavy atom. The number of halogens is 3. The lowest BCUT2D eigenvalue weighted by Crippen LogP contribution is -2.46. The zero-order valence-electron chi connectivity index (χ0n) is 15.8. The van der Waals surface area contributed by atoms with E-state index in [-0.39, 0.29) is 17.5 Å². The SMILES string of the molecule is O=C(Nc1cccc(OC(F)(F)F)c1)NC1CCN(CCc2ccncc2)CC1. The van der Waals surface area contributed by atoms with Crippen molar-refractivity contribution in [1.29, 1.82) is 0 Å². The van der Waals surface area contributed by atoms with Gasteiger partial charge in [0.05, 0.1) is 0 Å². The van der Waals surface area contributed by atoms with Crippen LogP contribution in [0.15, 0.2) is 48.8 Å². The van der Waals surface area contributed by atoms with Gasteiger partial charge in [-0.2, -0.15) is 0 Å². The quantitative estimate of drug-likeness (QED) is 0.763. The summed E-state index contributed by atoms with van der Waals surface area (Å²) in [6.07, 6.45) is 1.40. The highest BCUT2D eigenvalue weighted by molar-refractivity contribution is 5.89. The molecule has 1 aliphatic rings.